The second-order valence-corrected chi connectivity index (χ2v) is 7.56. The first-order valence-electron chi connectivity index (χ1n) is 7.67. The van der Waals surface area contributed by atoms with Crippen molar-refractivity contribution < 1.29 is 8.42 Å². The highest BCUT2D eigenvalue weighted by atomic mass is 32.2. The van der Waals surface area contributed by atoms with Crippen molar-refractivity contribution in [1.29, 1.82) is 0 Å². The number of hydrogen-bond donors (Lipinski definition) is 2. The third-order valence-electron chi connectivity index (χ3n) is 3.69. The molecule has 0 amide bonds. The number of nitrogens with zero attached hydrogens (tertiary/aromatic N) is 1. The van der Waals surface area contributed by atoms with Crippen molar-refractivity contribution >= 4 is 37.8 Å². The van der Waals surface area contributed by atoms with Crippen LogP contribution < -0.4 is 10.6 Å². The van der Waals surface area contributed by atoms with E-state index in [0.29, 0.717) is 4.90 Å². The summed E-state index contributed by atoms with van der Waals surface area (Å²) in [4.78, 5) is 4.72. The van der Waals surface area contributed by atoms with Gasteiger partial charge in [-0.3, -0.25) is 0 Å². The van der Waals surface area contributed by atoms with E-state index in [1.165, 1.54) is 6.26 Å². The van der Waals surface area contributed by atoms with Gasteiger partial charge in [-0.2, -0.15) is 0 Å². The van der Waals surface area contributed by atoms with Crippen molar-refractivity contribution in [2.75, 3.05) is 23.4 Å². The van der Waals surface area contributed by atoms with Crippen LogP contribution >= 0.6 is 0 Å². The molecule has 0 aliphatic carbocycles. The number of sulfone groups is 1. The van der Waals surface area contributed by atoms with Gasteiger partial charge < -0.3 is 10.6 Å². The summed E-state index contributed by atoms with van der Waals surface area (Å²) in [5.74, 6) is 0.736. The quantitative estimate of drug-likeness (QED) is 0.738. The van der Waals surface area contributed by atoms with Crippen molar-refractivity contribution in [2.24, 2.45) is 0 Å². The molecule has 3 rings (SSSR count). The molecule has 0 atom stereocenters. The number of rotatable bonds is 5. The van der Waals surface area contributed by atoms with Gasteiger partial charge in [0.05, 0.1) is 4.90 Å². The third kappa shape index (κ3) is 3.49. The standard InChI is InChI=1S/C18H19N3O2S/c1-3-19-15-5-4-13-10-11-20-18(17(13)12-15)21-14-6-8-16(9-7-14)24(2,22)23/h4-12,19H,3H2,1-2H3,(H,20,21). The van der Waals surface area contributed by atoms with Crippen LogP contribution in [0.3, 0.4) is 0 Å². The van der Waals surface area contributed by atoms with E-state index in [-0.39, 0.29) is 0 Å². The Hall–Kier alpha value is -2.60. The lowest BCUT2D eigenvalue weighted by Crippen LogP contribution is -1.99. The SMILES string of the molecule is CCNc1ccc2ccnc(Nc3ccc(S(C)(=O)=O)cc3)c2c1. The van der Waals surface area contributed by atoms with Crippen LogP contribution in [0, 0.1) is 0 Å². The van der Waals surface area contributed by atoms with E-state index in [1.807, 2.05) is 18.2 Å². The van der Waals surface area contributed by atoms with Gasteiger partial charge in [-0.05, 0) is 54.8 Å². The maximum Gasteiger partial charge on any atom is 0.175 e. The zero-order valence-electron chi connectivity index (χ0n) is 13.6. The van der Waals surface area contributed by atoms with Gasteiger partial charge >= 0.3 is 0 Å². The topological polar surface area (TPSA) is 71.1 Å². The maximum atomic E-state index is 11.5. The lowest BCUT2D eigenvalue weighted by Gasteiger charge is -2.11. The van der Waals surface area contributed by atoms with Gasteiger partial charge in [0.1, 0.15) is 5.82 Å². The minimum Gasteiger partial charge on any atom is -0.385 e. The molecular formula is C18H19N3O2S. The molecule has 1 aromatic heterocycles. The Labute approximate surface area is 141 Å². The molecule has 0 radical (unpaired) electrons. The van der Waals surface area contributed by atoms with Gasteiger partial charge in [-0.25, -0.2) is 13.4 Å². The van der Waals surface area contributed by atoms with Crippen LogP contribution in [0.25, 0.3) is 10.8 Å². The highest BCUT2D eigenvalue weighted by Crippen LogP contribution is 2.27. The minimum atomic E-state index is -3.19. The molecule has 0 saturated carbocycles. The van der Waals surface area contributed by atoms with Crippen LogP contribution in [-0.2, 0) is 9.84 Å². The molecule has 0 aliphatic rings. The Bertz CT molecular complexity index is 967. The molecule has 24 heavy (non-hydrogen) atoms. The van der Waals surface area contributed by atoms with Crippen LogP contribution in [0.5, 0.6) is 0 Å². The average Bonchev–Trinajstić information content (AvgIpc) is 2.55. The van der Waals surface area contributed by atoms with E-state index >= 15 is 0 Å². The lowest BCUT2D eigenvalue weighted by molar-refractivity contribution is 0.602. The Balaban J connectivity index is 1.96. The molecule has 2 N–H and O–H groups in total. The normalized spacial score (nSPS) is 11.4. The summed E-state index contributed by atoms with van der Waals surface area (Å²) in [6.07, 6.45) is 2.95. The monoisotopic (exact) mass is 341 g/mol. The molecule has 0 aliphatic heterocycles. The van der Waals surface area contributed by atoms with Crippen molar-refractivity contribution in [2.45, 2.75) is 11.8 Å². The van der Waals surface area contributed by atoms with Gasteiger partial charge in [0.2, 0.25) is 0 Å². The Kier molecular flexibility index (Phi) is 4.40. The Morgan fingerprint density at radius 1 is 1.00 bits per heavy atom. The van der Waals surface area contributed by atoms with Crippen molar-refractivity contribution in [3.63, 3.8) is 0 Å². The predicted octanol–water partition coefficient (Wildman–Crippen LogP) is 3.81. The smallest absolute Gasteiger partial charge is 0.175 e. The number of benzene rings is 2. The second kappa shape index (κ2) is 6.49. The van der Waals surface area contributed by atoms with Crippen molar-refractivity contribution in [3.05, 3.63) is 54.7 Å². The van der Waals surface area contributed by atoms with Gasteiger partial charge in [0, 0.05) is 35.8 Å². The number of anilines is 3. The molecule has 0 fully saturated rings. The summed E-state index contributed by atoms with van der Waals surface area (Å²) in [5.41, 5.74) is 1.82. The lowest BCUT2D eigenvalue weighted by atomic mass is 10.1. The first kappa shape index (κ1) is 16.3. The van der Waals surface area contributed by atoms with Crippen molar-refractivity contribution in [3.8, 4) is 0 Å². The van der Waals surface area contributed by atoms with Gasteiger partial charge in [-0.15, -0.1) is 0 Å². The van der Waals surface area contributed by atoms with Crippen LogP contribution in [-0.4, -0.2) is 26.2 Å². The first-order chi connectivity index (χ1) is 11.5. The molecule has 124 valence electrons. The highest BCUT2D eigenvalue weighted by Gasteiger charge is 2.08. The summed E-state index contributed by atoms with van der Waals surface area (Å²) < 4.78 is 23.1. The molecular weight excluding hydrogens is 322 g/mol. The van der Waals surface area contributed by atoms with Crippen LogP contribution in [0.15, 0.2) is 59.6 Å². The van der Waals surface area contributed by atoms with E-state index in [2.05, 4.69) is 28.6 Å². The minimum absolute atomic E-state index is 0.299. The van der Waals surface area contributed by atoms with E-state index in [1.54, 1.807) is 30.5 Å². The molecule has 1 heterocycles. The Morgan fingerprint density at radius 2 is 1.71 bits per heavy atom. The maximum absolute atomic E-state index is 11.5. The fourth-order valence-electron chi connectivity index (χ4n) is 2.50. The predicted molar refractivity (Wildman–Crippen MR) is 98.7 cm³/mol. The summed E-state index contributed by atoms with van der Waals surface area (Å²) in [5, 5.41) is 8.64. The number of nitrogens with one attached hydrogen (secondary N) is 2. The van der Waals surface area contributed by atoms with Crippen LogP contribution in [0.1, 0.15) is 6.92 Å². The molecule has 0 spiro atoms. The number of hydrogen-bond acceptors (Lipinski definition) is 5. The molecule has 2 aromatic carbocycles. The molecule has 6 heteroatoms. The fourth-order valence-corrected chi connectivity index (χ4v) is 3.13. The Morgan fingerprint density at radius 3 is 2.38 bits per heavy atom. The molecule has 5 nitrogen and oxygen atoms in total. The first-order valence-corrected chi connectivity index (χ1v) is 9.56. The second-order valence-electron chi connectivity index (χ2n) is 5.55. The molecule has 0 saturated heterocycles. The summed E-state index contributed by atoms with van der Waals surface area (Å²) in [6, 6.07) is 14.8. The van der Waals surface area contributed by atoms with Gasteiger partial charge in [0.15, 0.2) is 9.84 Å². The highest BCUT2D eigenvalue weighted by molar-refractivity contribution is 7.90. The summed E-state index contributed by atoms with van der Waals surface area (Å²) >= 11 is 0. The zero-order valence-corrected chi connectivity index (χ0v) is 14.4. The molecule has 0 bridgehead atoms. The van der Waals surface area contributed by atoms with E-state index in [4.69, 9.17) is 0 Å². The summed E-state index contributed by atoms with van der Waals surface area (Å²) in [6.45, 7) is 2.90. The van der Waals surface area contributed by atoms with Crippen LogP contribution in [0.4, 0.5) is 17.2 Å². The van der Waals surface area contributed by atoms with E-state index in [0.717, 1.165) is 34.5 Å². The summed E-state index contributed by atoms with van der Waals surface area (Å²) in [7, 11) is -3.19. The van der Waals surface area contributed by atoms with E-state index < -0.39 is 9.84 Å². The number of fused-ring (bicyclic) bond motifs is 1. The van der Waals surface area contributed by atoms with E-state index in [9.17, 15) is 8.42 Å². The van der Waals surface area contributed by atoms with Crippen LogP contribution in [0.2, 0.25) is 0 Å². The van der Waals surface area contributed by atoms with Crippen molar-refractivity contribution in [1.82, 2.24) is 4.98 Å². The number of pyridine rings is 1. The molecule has 3 aromatic rings. The number of aromatic nitrogens is 1. The largest absolute Gasteiger partial charge is 0.385 e. The third-order valence-corrected chi connectivity index (χ3v) is 4.82. The average molecular weight is 341 g/mol. The fraction of sp³-hybridized carbons (Fsp3) is 0.167. The molecule has 0 unspecified atom stereocenters. The van der Waals surface area contributed by atoms with Gasteiger partial charge in [0.25, 0.3) is 0 Å². The zero-order chi connectivity index (χ0) is 17.2. The van der Waals surface area contributed by atoms with Gasteiger partial charge in [-0.1, -0.05) is 6.07 Å².